The average Bonchev–Trinajstić information content (AvgIpc) is 2.96. The minimum absolute atomic E-state index is 0.450. The van der Waals surface area contributed by atoms with Gasteiger partial charge in [0.15, 0.2) is 0 Å². The Hall–Kier alpha value is -0.0800. The van der Waals surface area contributed by atoms with Crippen molar-refractivity contribution in [2.45, 2.75) is 83.8 Å². The van der Waals surface area contributed by atoms with E-state index in [0.717, 1.165) is 18.0 Å². The predicted octanol–water partition coefficient (Wildman–Crippen LogP) is 3.42. The van der Waals surface area contributed by atoms with Crippen LogP contribution in [-0.4, -0.2) is 35.6 Å². The number of likely N-dealkylation sites (tertiary alicyclic amines) is 1. The molecule has 0 bridgehead atoms. The molecule has 2 aliphatic heterocycles. The molecule has 2 rings (SSSR count). The number of nitrogens with zero attached hydrogens (tertiary/aromatic N) is 1. The molecule has 18 heavy (non-hydrogen) atoms. The third-order valence-electron chi connectivity index (χ3n) is 5.39. The van der Waals surface area contributed by atoms with Crippen molar-refractivity contribution < 1.29 is 0 Å². The minimum atomic E-state index is 0.450. The highest BCUT2D eigenvalue weighted by Crippen LogP contribution is 2.34. The van der Waals surface area contributed by atoms with E-state index < -0.39 is 0 Å². The third-order valence-corrected chi connectivity index (χ3v) is 5.39. The molecule has 1 N–H and O–H groups in total. The van der Waals surface area contributed by atoms with Crippen LogP contribution >= 0.6 is 0 Å². The number of hydrogen-bond donors (Lipinski definition) is 1. The van der Waals surface area contributed by atoms with Crippen molar-refractivity contribution in [3.63, 3.8) is 0 Å². The van der Waals surface area contributed by atoms with E-state index in [0.29, 0.717) is 5.54 Å². The van der Waals surface area contributed by atoms with E-state index in [2.05, 4.69) is 37.9 Å². The summed E-state index contributed by atoms with van der Waals surface area (Å²) in [5.74, 6) is 0.772. The molecule has 106 valence electrons. The van der Waals surface area contributed by atoms with Gasteiger partial charge in [-0.3, -0.25) is 4.90 Å². The number of nitrogens with one attached hydrogen (secondary N) is 1. The molecule has 0 radical (unpaired) electrons. The normalized spacial score (nSPS) is 34.0. The van der Waals surface area contributed by atoms with Gasteiger partial charge in [0, 0.05) is 17.6 Å². The molecule has 2 nitrogen and oxygen atoms in total. The standard InChI is InChI=1S/C16H32N2/c1-13(2)16(9-6-11-17-16)10-8-15-7-5-12-18(15)14(3)4/h13-15,17H,5-12H2,1-4H3. The minimum Gasteiger partial charge on any atom is -0.311 e. The van der Waals surface area contributed by atoms with Crippen LogP contribution in [0.3, 0.4) is 0 Å². The second-order valence-electron chi connectivity index (χ2n) is 7.01. The molecule has 0 amide bonds. The first-order valence-electron chi connectivity index (χ1n) is 8.06. The van der Waals surface area contributed by atoms with Crippen LogP contribution in [0.2, 0.25) is 0 Å². The zero-order chi connectivity index (χ0) is 13.2. The second-order valence-corrected chi connectivity index (χ2v) is 7.01. The van der Waals surface area contributed by atoms with Crippen LogP contribution in [-0.2, 0) is 0 Å². The molecule has 0 spiro atoms. The van der Waals surface area contributed by atoms with E-state index in [1.165, 1.54) is 51.6 Å². The molecular weight excluding hydrogens is 220 g/mol. The van der Waals surface area contributed by atoms with Crippen molar-refractivity contribution in [3.05, 3.63) is 0 Å². The molecule has 2 fully saturated rings. The van der Waals surface area contributed by atoms with Crippen LogP contribution in [0, 0.1) is 5.92 Å². The second kappa shape index (κ2) is 5.92. The van der Waals surface area contributed by atoms with E-state index in [1.54, 1.807) is 0 Å². The first kappa shape index (κ1) is 14.3. The number of hydrogen-bond acceptors (Lipinski definition) is 2. The molecule has 2 heteroatoms. The van der Waals surface area contributed by atoms with Gasteiger partial charge < -0.3 is 5.32 Å². The Morgan fingerprint density at radius 2 is 2.00 bits per heavy atom. The predicted molar refractivity (Wildman–Crippen MR) is 78.9 cm³/mol. The zero-order valence-electron chi connectivity index (χ0n) is 12.8. The molecule has 2 heterocycles. The molecule has 2 atom stereocenters. The Kier molecular flexibility index (Phi) is 4.71. The highest BCUT2D eigenvalue weighted by Gasteiger charge is 2.37. The fraction of sp³-hybridized carbons (Fsp3) is 1.00. The molecule has 2 unspecified atom stereocenters. The van der Waals surface area contributed by atoms with E-state index in [-0.39, 0.29) is 0 Å². The van der Waals surface area contributed by atoms with Crippen LogP contribution in [0.25, 0.3) is 0 Å². The summed E-state index contributed by atoms with van der Waals surface area (Å²) in [6.45, 7) is 12.1. The van der Waals surface area contributed by atoms with E-state index in [9.17, 15) is 0 Å². The van der Waals surface area contributed by atoms with E-state index in [4.69, 9.17) is 0 Å². The summed E-state index contributed by atoms with van der Waals surface area (Å²) < 4.78 is 0. The van der Waals surface area contributed by atoms with Crippen molar-refractivity contribution in [3.8, 4) is 0 Å². The Balaban J connectivity index is 1.90. The Morgan fingerprint density at radius 1 is 1.22 bits per heavy atom. The molecule has 2 saturated heterocycles. The van der Waals surface area contributed by atoms with Gasteiger partial charge in [0.2, 0.25) is 0 Å². The number of rotatable bonds is 5. The van der Waals surface area contributed by atoms with E-state index >= 15 is 0 Å². The van der Waals surface area contributed by atoms with Crippen LogP contribution in [0.5, 0.6) is 0 Å². The summed E-state index contributed by atoms with van der Waals surface area (Å²) in [7, 11) is 0. The van der Waals surface area contributed by atoms with Crippen molar-refractivity contribution in [1.82, 2.24) is 10.2 Å². The lowest BCUT2D eigenvalue weighted by Gasteiger charge is -2.37. The zero-order valence-corrected chi connectivity index (χ0v) is 12.8. The molecular formula is C16H32N2. The van der Waals surface area contributed by atoms with Crippen molar-refractivity contribution in [2.75, 3.05) is 13.1 Å². The maximum atomic E-state index is 3.82. The lowest BCUT2D eigenvalue weighted by Crippen LogP contribution is -2.46. The average molecular weight is 252 g/mol. The van der Waals surface area contributed by atoms with Crippen LogP contribution < -0.4 is 5.32 Å². The monoisotopic (exact) mass is 252 g/mol. The van der Waals surface area contributed by atoms with Gasteiger partial charge in [0.05, 0.1) is 0 Å². The maximum Gasteiger partial charge on any atom is 0.0205 e. The van der Waals surface area contributed by atoms with Crippen LogP contribution in [0.15, 0.2) is 0 Å². The van der Waals surface area contributed by atoms with Gasteiger partial charge in [-0.1, -0.05) is 13.8 Å². The fourth-order valence-corrected chi connectivity index (χ4v) is 4.10. The molecule has 0 aromatic carbocycles. The summed E-state index contributed by atoms with van der Waals surface area (Å²) >= 11 is 0. The van der Waals surface area contributed by atoms with Crippen molar-refractivity contribution in [2.24, 2.45) is 5.92 Å². The van der Waals surface area contributed by atoms with Gasteiger partial charge in [-0.2, -0.15) is 0 Å². The summed E-state index contributed by atoms with van der Waals surface area (Å²) in [5.41, 5.74) is 0.450. The van der Waals surface area contributed by atoms with Gasteiger partial charge in [-0.25, -0.2) is 0 Å². The fourth-order valence-electron chi connectivity index (χ4n) is 4.10. The SMILES string of the molecule is CC(C)N1CCCC1CCC1(C(C)C)CCCN1. The van der Waals surface area contributed by atoms with Gasteiger partial charge in [-0.15, -0.1) is 0 Å². The lowest BCUT2D eigenvalue weighted by molar-refractivity contribution is 0.165. The van der Waals surface area contributed by atoms with Gasteiger partial charge in [0.1, 0.15) is 0 Å². The Labute approximate surface area is 114 Å². The third kappa shape index (κ3) is 2.91. The lowest BCUT2D eigenvalue weighted by atomic mass is 9.80. The molecule has 0 aromatic heterocycles. The summed E-state index contributed by atoms with van der Waals surface area (Å²) in [6, 6.07) is 1.58. The highest BCUT2D eigenvalue weighted by molar-refractivity contribution is 4.97. The first-order chi connectivity index (χ1) is 8.55. The summed E-state index contributed by atoms with van der Waals surface area (Å²) in [6.07, 6.45) is 8.36. The van der Waals surface area contributed by atoms with Crippen LogP contribution in [0.1, 0.15) is 66.2 Å². The summed E-state index contributed by atoms with van der Waals surface area (Å²) in [5, 5.41) is 3.82. The Bertz CT molecular complexity index is 254. The maximum absolute atomic E-state index is 3.82. The smallest absolute Gasteiger partial charge is 0.0205 e. The van der Waals surface area contributed by atoms with Crippen molar-refractivity contribution in [1.29, 1.82) is 0 Å². The van der Waals surface area contributed by atoms with Gasteiger partial charge in [-0.05, 0) is 71.4 Å². The Morgan fingerprint density at radius 3 is 2.56 bits per heavy atom. The van der Waals surface area contributed by atoms with Gasteiger partial charge >= 0.3 is 0 Å². The quantitative estimate of drug-likeness (QED) is 0.806. The highest BCUT2D eigenvalue weighted by atomic mass is 15.2. The molecule has 2 aliphatic rings. The van der Waals surface area contributed by atoms with Crippen molar-refractivity contribution >= 4 is 0 Å². The molecule has 0 aromatic rings. The first-order valence-corrected chi connectivity index (χ1v) is 8.06. The largest absolute Gasteiger partial charge is 0.311 e. The molecule has 0 aliphatic carbocycles. The van der Waals surface area contributed by atoms with Gasteiger partial charge in [0.25, 0.3) is 0 Å². The molecule has 0 saturated carbocycles. The topological polar surface area (TPSA) is 15.3 Å². The van der Waals surface area contributed by atoms with E-state index in [1.807, 2.05) is 0 Å². The summed E-state index contributed by atoms with van der Waals surface area (Å²) in [4.78, 5) is 2.73. The van der Waals surface area contributed by atoms with Crippen LogP contribution in [0.4, 0.5) is 0 Å².